The highest BCUT2D eigenvalue weighted by atomic mass is 32.2. The smallest absolute Gasteiger partial charge is 0.239 e. The first-order chi connectivity index (χ1) is 12.0. The second-order valence-corrected chi connectivity index (χ2v) is 8.09. The fourth-order valence-electron chi connectivity index (χ4n) is 1.96. The quantitative estimate of drug-likeness (QED) is 0.530. The summed E-state index contributed by atoms with van der Waals surface area (Å²) in [6.45, 7) is 4.58. The van der Waals surface area contributed by atoms with Gasteiger partial charge in [0.05, 0.1) is 18.0 Å². The van der Waals surface area contributed by atoms with Crippen LogP contribution in [0.1, 0.15) is 18.9 Å². The highest BCUT2D eigenvalue weighted by molar-refractivity contribution is 8.01. The number of aromatic nitrogens is 2. The number of hydrogen-bond acceptors (Lipinski definition) is 6. The van der Waals surface area contributed by atoms with E-state index in [1.165, 1.54) is 23.1 Å². The molecule has 2 rings (SSSR count). The zero-order chi connectivity index (χ0) is 18.2. The maximum absolute atomic E-state index is 11.8. The summed E-state index contributed by atoms with van der Waals surface area (Å²) in [4.78, 5) is 23.3. The van der Waals surface area contributed by atoms with Crippen molar-refractivity contribution in [2.24, 2.45) is 0 Å². The van der Waals surface area contributed by atoms with Gasteiger partial charge in [0, 0.05) is 6.54 Å². The predicted molar refractivity (Wildman–Crippen MR) is 104 cm³/mol. The van der Waals surface area contributed by atoms with Gasteiger partial charge in [-0.1, -0.05) is 48.2 Å². The average Bonchev–Trinajstić information content (AvgIpc) is 2.97. The minimum atomic E-state index is -0.208. The molecule has 2 N–H and O–H groups in total. The Hall–Kier alpha value is -1.71. The predicted octanol–water partition coefficient (Wildman–Crippen LogP) is 2.71. The molecule has 134 valence electrons. The minimum Gasteiger partial charge on any atom is -0.355 e. The van der Waals surface area contributed by atoms with Crippen LogP contribution in [-0.2, 0) is 9.59 Å². The van der Waals surface area contributed by atoms with Gasteiger partial charge in [-0.05, 0) is 37.2 Å². The molecule has 0 bridgehead atoms. The number of carbonyl (C=O) groups is 2. The van der Waals surface area contributed by atoms with Gasteiger partial charge in [0.2, 0.25) is 11.8 Å². The number of rotatable bonds is 8. The molecule has 2 amide bonds. The van der Waals surface area contributed by atoms with Gasteiger partial charge >= 0.3 is 0 Å². The molecule has 0 aliphatic carbocycles. The van der Waals surface area contributed by atoms with E-state index in [-0.39, 0.29) is 24.1 Å². The lowest BCUT2D eigenvalue weighted by Crippen LogP contribution is -2.37. The minimum absolute atomic E-state index is 0.00718. The van der Waals surface area contributed by atoms with E-state index < -0.39 is 0 Å². The fraction of sp³-hybridized carbons (Fsp3) is 0.375. The van der Waals surface area contributed by atoms with E-state index >= 15 is 0 Å². The van der Waals surface area contributed by atoms with E-state index in [1.54, 1.807) is 4.68 Å². The van der Waals surface area contributed by atoms with E-state index in [4.69, 9.17) is 12.2 Å². The number of benzene rings is 1. The SMILES string of the molecule is CCCNC(=O)CNC(=O)CSc1nn(-c2ccccc2C)c(=S)s1. The van der Waals surface area contributed by atoms with Crippen LogP contribution in [0.3, 0.4) is 0 Å². The molecule has 0 aliphatic heterocycles. The van der Waals surface area contributed by atoms with Crippen molar-refractivity contribution in [3.8, 4) is 5.69 Å². The number of hydrogen-bond donors (Lipinski definition) is 2. The molecule has 2 aromatic rings. The fourth-order valence-corrected chi connectivity index (χ4v) is 4.13. The van der Waals surface area contributed by atoms with Gasteiger partial charge in [-0.25, -0.2) is 4.68 Å². The Kier molecular flexibility index (Phi) is 7.60. The van der Waals surface area contributed by atoms with Crippen molar-refractivity contribution in [2.75, 3.05) is 18.8 Å². The van der Waals surface area contributed by atoms with Gasteiger partial charge in [0.1, 0.15) is 0 Å². The number of carbonyl (C=O) groups excluding carboxylic acids is 2. The molecule has 0 saturated carbocycles. The topological polar surface area (TPSA) is 76.0 Å². The average molecular weight is 397 g/mol. The molecule has 0 spiro atoms. The third-order valence-corrected chi connectivity index (χ3v) is 5.58. The van der Waals surface area contributed by atoms with Crippen LogP contribution >= 0.6 is 35.3 Å². The van der Waals surface area contributed by atoms with Crippen LogP contribution in [0.4, 0.5) is 0 Å². The number of nitrogens with one attached hydrogen (secondary N) is 2. The maximum Gasteiger partial charge on any atom is 0.239 e. The second-order valence-electron chi connectivity index (χ2n) is 5.25. The summed E-state index contributed by atoms with van der Waals surface area (Å²) in [7, 11) is 0. The highest BCUT2D eigenvalue weighted by Crippen LogP contribution is 2.24. The van der Waals surface area contributed by atoms with E-state index in [2.05, 4.69) is 15.7 Å². The summed E-state index contributed by atoms with van der Waals surface area (Å²) in [5.74, 6) is -0.197. The van der Waals surface area contributed by atoms with Crippen molar-refractivity contribution in [3.63, 3.8) is 0 Å². The van der Waals surface area contributed by atoms with Crippen molar-refractivity contribution in [3.05, 3.63) is 33.8 Å². The molecule has 0 aliphatic rings. The Morgan fingerprint density at radius 2 is 2.04 bits per heavy atom. The zero-order valence-corrected chi connectivity index (χ0v) is 16.5. The molecule has 25 heavy (non-hydrogen) atoms. The molecule has 0 fully saturated rings. The molecule has 1 aromatic heterocycles. The molecule has 0 atom stereocenters. The molecular weight excluding hydrogens is 376 g/mol. The molecular formula is C16H20N4O2S3. The second kappa shape index (κ2) is 9.69. The molecule has 9 heteroatoms. The number of thioether (sulfide) groups is 1. The zero-order valence-electron chi connectivity index (χ0n) is 14.1. The van der Waals surface area contributed by atoms with Crippen molar-refractivity contribution in [2.45, 2.75) is 24.6 Å². The van der Waals surface area contributed by atoms with E-state index in [0.29, 0.717) is 10.5 Å². The Balaban J connectivity index is 1.89. The van der Waals surface area contributed by atoms with Crippen LogP contribution in [0.2, 0.25) is 0 Å². The summed E-state index contributed by atoms with van der Waals surface area (Å²) in [5.41, 5.74) is 2.02. The van der Waals surface area contributed by atoms with Gasteiger partial charge in [0.15, 0.2) is 8.29 Å². The Morgan fingerprint density at radius 3 is 2.76 bits per heavy atom. The van der Waals surface area contributed by atoms with Crippen LogP contribution in [0.5, 0.6) is 0 Å². The van der Waals surface area contributed by atoms with Crippen LogP contribution < -0.4 is 10.6 Å². The Morgan fingerprint density at radius 1 is 1.28 bits per heavy atom. The lowest BCUT2D eigenvalue weighted by Gasteiger charge is -2.05. The van der Waals surface area contributed by atoms with E-state index in [1.807, 2.05) is 38.1 Å². The molecule has 0 saturated heterocycles. The molecule has 1 heterocycles. The summed E-state index contributed by atoms with van der Waals surface area (Å²) < 4.78 is 3.07. The summed E-state index contributed by atoms with van der Waals surface area (Å²) in [5, 5.41) is 9.79. The van der Waals surface area contributed by atoms with Crippen LogP contribution in [0, 0.1) is 10.9 Å². The van der Waals surface area contributed by atoms with E-state index in [0.717, 1.165) is 22.0 Å². The number of amides is 2. The number of aryl methyl sites for hydroxylation is 1. The van der Waals surface area contributed by atoms with Crippen LogP contribution in [-0.4, -0.2) is 40.4 Å². The largest absolute Gasteiger partial charge is 0.355 e. The third kappa shape index (κ3) is 5.94. The van der Waals surface area contributed by atoms with E-state index in [9.17, 15) is 9.59 Å². The van der Waals surface area contributed by atoms with Gasteiger partial charge < -0.3 is 10.6 Å². The number of para-hydroxylation sites is 1. The Labute approximate surface area is 160 Å². The first-order valence-corrected chi connectivity index (χ1v) is 10.0. The molecule has 0 radical (unpaired) electrons. The van der Waals surface area contributed by atoms with Gasteiger partial charge in [-0.2, -0.15) is 0 Å². The van der Waals surface area contributed by atoms with Crippen molar-refractivity contribution < 1.29 is 9.59 Å². The summed E-state index contributed by atoms with van der Waals surface area (Å²) >= 11 is 8.05. The lowest BCUT2D eigenvalue weighted by atomic mass is 10.2. The number of nitrogens with zero attached hydrogens (tertiary/aromatic N) is 2. The summed E-state index contributed by atoms with van der Waals surface area (Å²) in [6.07, 6.45) is 0.865. The van der Waals surface area contributed by atoms with Gasteiger partial charge in [0.25, 0.3) is 0 Å². The Bertz CT molecular complexity index is 801. The van der Waals surface area contributed by atoms with Crippen LogP contribution in [0.25, 0.3) is 5.69 Å². The van der Waals surface area contributed by atoms with Crippen LogP contribution in [0.15, 0.2) is 28.6 Å². The molecule has 1 aromatic carbocycles. The molecule has 6 nitrogen and oxygen atoms in total. The van der Waals surface area contributed by atoms with Gasteiger partial charge in [-0.15, -0.1) is 5.10 Å². The normalized spacial score (nSPS) is 10.5. The molecule has 0 unspecified atom stereocenters. The monoisotopic (exact) mass is 396 g/mol. The van der Waals surface area contributed by atoms with Crippen molar-refractivity contribution in [1.82, 2.24) is 20.4 Å². The maximum atomic E-state index is 11.8. The first-order valence-electron chi connectivity index (χ1n) is 7.83. The standard InChI is InChI=1S/C16H20N4O2S3/c1-3-8-17-13(21)9-18-14(22)10-24-15-19-20(16(23)25-15)12-7-5-4-6-11(12)2/h4-7H,3,8-10H2,1-2H3,(H,17,21)(H,18,22). The highest BCUT2D eigenvalue weighted by Gasteiger charge is 2.11. The van der Waals surface area contributed by atoms with Crippen molar-refractivity contribution >= 4 is 47.1 Å². The third-order valence-electron chi connectivity index (χ3n) is 3.22. The summed E-state index contributed by atoms with van der Waals surface area (Å²) in [6, 6.07) is 7.86. The van der Waals surface area contributed by atoms with Crippen molar-refractivity contribution in [1.29, 1.82) is 0 Å². The first kappa shape index (κ1) is 19.6. The lowest BCUT2D eigenvalue weighted by molar-refractivity contribution is -0.124. The van der Waals surface area contributed by atoms with Gasteiger partial charge in [-0.3, -0.25) is 9.59 Å².